The zero-order chi connectivity index (χ0) is 57.4. The fraction of sp³-hybridized carbons (Fsp3) is 0.0741. The van der Waals surface area contributed by atoms with Crippen LogP contribution in [-0.2, 0) is 10.8 Å². The van der Waals surface area contributed by atoms with E-state index in [1.165, 1.54) is 72.0 Å². The third-order valence-corrected chi connectivity index (χ3v) is 18.8. The van der Waals surface area contributed by atoms with Gasteiger partial charge in [-0.15, -0.1) is 0 Å². The van der Waals surface area contributed by atoms with E-state index in [2.05, 4.69) is 310 Å². The van der Waals surface area contributed by atoms with E-state index in [9.17, 15) is 0 Å². The van der Waals surface area contributed by atoms with Gasteiger partial charge >= 0.3 is 0 Å². The number of benzene rings is 12. The van der Waals surface area contributed by atoms with Gasteiger partial charge in [0.25, 0.3) is 0 Å². The van der Waals surface area contributed by atoms with Gasteiger partial charge in [0.2, 0.25) is 5.95 Å². The monoisotopic (exact) mass is 1100 g/mol. The minimum atomic E-state index is -0.111. The van der Waals surface area contributed by atoms with Crippen molar-refractivity contribution in [3.63, 3.8) is 0 Å². The summed E-state index contributed by atoms with van der Waals surface area (Å²) in [6.07, 6.45) is 0. The highest BCUT2D eigenvalue weighted by Crippen LogP contribution is 2.52. The molecule has 3 heterocycles. The van der Waals surface area contributed by atoms with Crippen molar-refractivity contribution in [3.8, 4) is 101 Å². The molecule has 406 valence electrons. The zero-order valence-corrected chi connectivity index (χ0v) is 48.2. The summed E-state index contributed by atoms with van der Waals surface area (Å²) in [6, 6.07) is 99.6. The largest absolute Gasteiger partial charge is 0.309 e. The molecule has 0 amide bonds. The van der Waals surface area contributed by atoms with Gasteiger partial charge in [0.15, 0.2) is 11.6 Å². The van der Waals surface area contributed by atoms with Crippen LogP contribution >= 0.6 is 0 Å². The summed E-state index contributed by atoms with van der Waals surface area (Å²) in [5.74, 6) is 1.70. The van der Waals surface area contributed by atoms with Crippen LogP contribution in [-0.4, -0.2) is 24.1 Å². The molecule has 86 heavy (non-hydrogen) atoms. The van der Waals surface area contributed by atoms with Gasteiger partial charge < -0.3 is 4.57 Å². The first kappa shape index (κ1) is 49.8. The van der Waals surface area contributed by atoms with E-state index in [1.54, 1.807) is 0 Å². The average molecular weight is 1100 g/mol. The maximum atomic E-state index is 5.61. The molecule has 3 aromatic heterocycles. The van der Waals surface area contributed by atoms with Crippen molar-refractivity contribution in [1.82, 2.24) is 24.1 Å². The van der Waals surface area contributed by atoms with Crippen molar-refractivity contribution < 1.29 is 0 Å². The molecule has 17 rings (SSSR count). The maximum absolute atomic E-state index is 5.61. The summed E-state index contributed by atoms with van der Waals surface area (Å²) in [7, 11) is 0. The molecule has 0 atom stereocenters. The molecular weight excluding hydrogens is 1040 g/mol. The van der Waals surface area contributed by atoms with E-state index >= 15 is 0 Å². The fourth-order valence-corrected chi connectivity index (χ4v) is 14.5. The van der Waals surface area contributed by atoms with Crippen LogP contribution in [0.5, 0.6) is 0 Å². The van der Waals surface area contributed by atoms with Crippen molar-refractivity contribution in [2.45, 2.75) is 38.5 Å². The predicted octanol–water partition coefficient (Wildman–Crippen LogP) is 20.7. The predicted molar refractivity (Wildman–Crippen MR) is 356 cm³/mol. The first-order valence-corrected chi connectivity index (χ1v) is 29.8. The van der Waals surface area contributed by atoms with Crippen LogP contribution in [0.25, 0.3) is 145 Å². The van der Waals surface area contributed by atoms with Crippen LogP contribution in [0.1, 0.15) is 49.9 Å². The molecule has 0 saturated carbocycles. The Kier molecular flexibility index (Phi) is 10.9. The number of aromatic nitrogens is 5. The van der Waals surface area contributed by atoms with E-state index < -0.39 is 0 Å². The van der Waals surface area contributed by atoms with E-state index in [0.29, 0.717) is 17.6 Å². The smallest absolute Gasteiger partial charge is 0.238 e. The van der Waals surface area contributed by atoms with Crippen molar-refractivity contribution in [1.29, 1.82) is 0 Å². The molecule has 0 N–H and O–H groups in total. The molecule has 0 unspecified atom stereocenters. The molecule has 5 heteroatoms. The number of rotatable bonds is 8. The highest BCUT2D eigenvalue weighted by Gasteiger charge is 2.37. The Bertz CT molecular complexity index is 5290. The van der Waals surface area contributed by atoms with Gasteiger partial charge in [-0.05, 0) is 156 Å². The van der Waals surface area contributed by atoms with Gasteiger partial charge in [-0.2, -0.15) is 9.97 Å². The topological polar surface area (TPSA) is 48.5 Å². The summed E-state index contributed by atoms with van der Waals surface area (Å²) >= 11 is 0. The summed E-state index contributed by atoms with van der Waals surface area (Å²) < 4.78 is 4.63. The van der Waals surface area contributed by atoms with E-state index in [4.69, 9.17) is 15.0 Å². The molecule has 0 spiro atoms. The second-order valence-corrected chi connectivity index (χ2v) is 24.4. The number of fused-ring (bicyclic) bond motifs is 12. The quantitative estimate of drug-likeness (QED) is 0.152. The molecule has 0 fully saturated rings. The van der Waals surface area contributed by atoms with Gasteiger partial charge in [-0.25, -0.2) is 4.98 Å². The van der Waals surface area contributed by atoms with Crippen molar-refractivity contribution >= 4 is 43.6 Å². The van der Waals surface area contributed by atoms with Gasteiger partial charge in [0.1, 0.15) is 0 Å². The average Bonchev–Trinajstić information content (AvgIpc) is 2.36. The first-order valence-electron chi connectivity index (χ1n) is 29.8. The Hall–Kier alpha value is -10.8. The van der Waals surface area contributed by atoms with Gasteiger partial charge in [0, 0.05) is 49.2 Å². The Morgan fingerprint density at radius 2 is 0.674 bits per heavy atom. The van der Waals surface area contributed by atoms with Crippen molar-refractivity contribution in [2.24, 2.45) is 0 Å². The first-order chi connectivity index (χ1) is 42.1. The molecule has 12 aromatic carbocycles. The van der Waals surface area contributed by atoms with Crippen LogP contribution < -0.4 is 0 Å². The maximum Gasteiger partial charge on any atom is 0.238 e. The molecule has 0 radical (unpaired) electrons. The Morgan fingerprint density at radius 3 is 1.28 bits per heavy atom. The summed E-state index contributed by atoms with van der Waals surface area (Å²) in [5.41, 5.74) is 26.7. The summed E-state index contributed by atoms with van der Waals surface area (Å²) in [4.78, 5) is 16.8. The Morgan fingerprint density at radius 1 is 0.244 bits per heavy atom. The van der Waals surface area contributed by atoms with Crippen LogP contribution in [0.3, 0.4) is 0 Å². The van der Waals surface area contributed by atoms with E-state index in [-0.39, 0.29) is 10.8 Å². The lowest BCUT2D eigenvalue weighted by molar-refractivity contribution is 0.660. The van der Waals surface area contributed by atoms with E-state index in [1.807, 2.05) is 0 Å². The molecule has 15 aromatic rings. The van der Waals surface area contributed by atoms with Crippen LogP contribution in [0.2, 0.25) is 0 Å². The second-order valence-electron chi connectivity index (χ2n) is 24.4. The van der Waals surface area contributed by atoms with Crippen LogP contribution in [0, 0.1) is 0 Å². The molecule has 0 saturated heterocycles. The van der Waals surface area contributed by atoms with Gasteiger partial charge in [-0.1, -0.05) is 234 Å². The standard InChI is InChI=1S/C81H57N5/c1-80(2)69-30-15-11-26-60(69)62-40-35-55(48-71(62)80)53-37-42-75-66(45-53)64-28-13-17-32-73(64)85(75)58-25-19-24-57(44-58)77-82-78(68-47-52(50-20-7-5-8-21-50)34-39-59(68)51-22-9-6-10-23-51)84-79(83-77)86-74-33-18-14-29-65(74)67-46-54(38-43-76(67)86)56-36-41-63-61-27-12-16-31-70(61)81(3,4)72(63)49-56/h5-49H,1-4H3. The molecule has 2 aliphatic rings. The minimum Gasteiger partial charge on any atom is -0.309 e. The molecular formula is C81H57N5. The Labute approximate surface area is 499 Å². The normalized spacial score (nSPS) is 13.5. The fourth-order valence-electron chi connectivity index (χ4n) is 14.5. The van der Waals surface area contributed by atoms with Crippen molar-refractivity contribution in [3.05, 3.63) is 295 Å². The number of para-hydroxylation sites is 2. The lowest BCUT2D eigenvalue weighted by Crippen LogP contribution is -2.14. The van der Waals surface area contributed by atoms with Gasteiger partial charge in [0.05, 0.1) is 22.1 Å². The highest BCUT2D eigenvalue weighted by molar-refractivity contribution is 6.12. The van der Waals surface area contributed by atoms with Crippen LogP contribution in [0.15, 0.2) is 273 Å². The molecule has 0 aliphatic heterocycles. The third-order valence-electron chi connectivity index (χ3n) is 18.8. The number of hydrogen-bond acceptors (Lipinski definition) is 3. The summed E-state index contributed by atoms with van der Waals surface area (Å²) in [5, 5.41) is 4.64. The molecule has 0 bridgehead atoms. The molecule has 2 aliphatic carbocycles. The van der Waals surface area contributed by atoms with Crippen molar-refractivity contribution in [2.75, 3.05) is 0 Å². The third kappa shape index (κ3) is 7.60. The zero-order valence-electron chi connectivity index (χ0n) is 48.2. The Balaban J connectivity index is 0.842. The highest BCUT2D eigenvalue weighted by atomic mass is 15.2. The lowest BCUT2D eigenvalue weighted by Gasteiger charge is -2.22. The number of hydrogen-bond donors (Lipinski definition) is 0. The van der Waals surface area contributed by atoms with Gasteiger partial charge in [-0.3, -0.25) is 4.57 Å². The minimum absolute atomic E-state index is 0.0906. The molecule has 5 nitrogen and oxygen atoms in total. The van der Waals surface area contributed by atoms with E-state index in [0.717, 1.165) is 77.5 Å². The SMILES string of the molecule is CC1(C)c2ccccc2-c2ccc(-c3ccc4c(c3)c3ccccc3n4-c3cccc(-c4nc(-c5cc(-c6ccccc6)ccc5-c5ccccc5)nc(-n5c6ccccc6c6cc(-c7ccc8c(c7)C(C)(C)c7ccccc7-8)ccc65)n4)c3)cc21. The van der Waals surface area contributed by atoms with Crippen LogP contribution in [0.4, 0.5) is 0 Å². The number of nitrogens with zero attached hydrogens (tertiary/aromatic N) is 5. The summed E-state index contributed by atoms with van der Waals surface area (Å²) in [6.45, 7) is 9.40. The second kappa shape index (κ2) is 18.9. The lowest BCUT2D eigenvalue weighted by atomic mass is 9.81.